The number of hydrogen-bond donors (Lipinski definition) is 1. The first-order valence-electron chi connectivity index (χ1n) is 5.52. The average molecular weight is 343 g/mol. The number of thioether (sulfide) groups is 1. The second kappa shape index (κ2) is 6.50. The van der Waals surface area contributed by atoms with Gasteiger partial charge >= 0.3 is 0 Å². The van der Waals surface area contributed by atoms with E-state index in [4.69, 9.17) is 17.3 Å². The van der Waals surface area contributed by atoms with E-state index in [-0.39, 0.29) is 0 Å². The first kappa shape index (κ1) is 13.8. The minimum atomic E-state index is 0.780. The number of halogens is 2. The predicted molar refractivity (Wildman–Crippen MR) is 85.0 cm³/mol. The third-order valence-electron chi connectivity index (χ3n) is 2.55. The van der Waals surface area contributed by atoms with E-state index in [2.05, 4.69) is 34.1 Å². The number of rotatable bonds is 4. The van der Waals surface area contributed by atoms with Gasteiger partial charge in [0.15, 0.2) is 0 Å². The molecule has 2 rings (SSSR count). The van der Waals surface area contributed by atoms with Crippen molar-refractivity contribution in [3.05, 3.63) is 63.1 Å². The highest BCUT2D eigenvalue weighted by Gasteiger charge is 2.03. The van der Waals surface area contributed by atoms with Crippen molar-refractivity contribution in [3.8, 4) is 0 Å². The molecule has 0 aliphatic carbocycles. The second-order valence-corrected chi connectivity index (χ2v) is 6.15. The number of benzene rings is 2. The molecule has 0 aliphatic heterocycles. The minimum Gasteiger partial charge on any atom is -0.398 e. The lowest BCUT2D eigenvalue weighted by molar-refractivity contribution is 1.35. The van der Waals surface area contributed by atoms with Crippen molar-refractivity contribution in [1.29, 1.82) is 0 Å². The van der Waals surface area contributed by atoms with Gasteiger partial charge in [-0.1, -0.05) is 35.9 Å². The van der Waals surface area contributed by atoms with Crippen LogP contribution in [0.15, 0.2) is 46.9 Å². The molecule has 0 amide bonds. The van der Waals surface area contributed by atoms with Crippen molar-refractivity contribution in [2.24, 2.45) is 0 Å². The van der Waals surface area contributed by atoms with E-state index < -0.39 is 0 Å². The molecule has 0 unspecified atom stereocenters. The van der Waals surface area contributed by atoms with Crippen LogP contribution in [0.5, 0.6) is 0 Å². The molecule has 2 N–H and O–H groups in total. The van der Waals surface area contributed by atoms with Gasteiger partial charge < -0.3 is 5.73 Å². The summed E-state index contributed by atoms with van der Waals surface area (Å²) in [5.74, 6) is 1.91. The van der Waals surface area contributed by atoms with Crippen LogP contribution in [-0.2, 0) is 11.5 Å². The van der Waals surface area contributed by atoms with Crippen LogP contribution in [-0.4, -0.2) is 0 Å². The Bertz CT molecular complexity index is 528. The highest BCUT2D eigenvalue weighted by atomic mass is 79.9. The van der Waals surface area contributed by atoms with Crippen LogP contribution in [0.3, 0.4) is 0 Å². The lowest BCUT2D eigenvalue weighted by Gasteiger charge is -2.07. The fraction of sp³-hybridized carbons (Fsp3) is 0.143. The van der Waals surface area contributed by atoms with Gasteiger partial charge in [-0.2, -0.15) is 11.8 Å². The molecule has 0 atom stereocenters. The summed E-state index contributed by atoms with van der Waals surface area (Å²) in [6, 6.07) is 13.9. The molecule has 0 aliphatic rings. The lowest BCUT2D eigenvalue weighted by atomic mass is 10.2. The average Bonchev–Trinajstić information content (AvgIpc) is 2.37. The van der Waals surface area contributed by atoms with Gasteiger partial charge in [0.05, 0.1) is 0 Å². The molecule has 0 fully saturated rings. The summed E-state index contributed by atoms with van der Waals surface area (Å²) in [7, 11) is 0. The Morgan fingerprint density at radius 2 is 1.78 bits per heavy atom. The van der Waals surface area contributed by atoms with Gasteiger partial charge in [0, 0.05) is 26.7 Å². The summed E-state index contributed by atoms with van der Waals surface area (Å²) in [6.07, 6.45) is 0. The normalized spacial score (nSPS) is 10.6. The van der Waals surface area contributed by atoms with Gasteiger partial charge in [0.25, 0.3) is 0 Å². The SMILES string of the molecule is Nc1cccc(CSCc2ccc(Cl)cc2)c1Br. The Morgan fingerprint density at radius 3 is 2.50 bits per heavy atom. The van der Waals surface area contributed by atoms with E-state index in [0.29, 0.717) is 0 Å². The molecular weight excluding hydrogens is 330 g/mol. The maximum atomic E-state index is 5.85. The Morgan fingerprint density at radius 1 is 1.06 bits per heavy atom. The van der Waals surface area contributed by atoms with Crippen molar-refractivity contribution in [1.82, 2.24) is 0 Å². The van der Waals surface area contributed by atoms with E-state index in [1.54, 1.807) is 0 Å². The largest absolute Gasteiger partial charge is 0.398 e. The van der Waals surface area contributed by atoms with Gasteiger partial charge in [-0.3, -0.25) is 0 Å². The summed E-state index contributed by atoms with van der Waals surface area (Å²) in [5.41, 5.74) is 9.15. The maximum absolute atomic E-state index is 5.85. The fourth-order valence-electron chi connectivity index (χ4n) is 1.57. The zero-order chi connectivity index (χ0) is 13.0. The first-order chi connectivity index (χ1) is 8.66. The van der Waals surface area contributed by atoms with E-state index >= 15 is 0 Å². The molecule has 18 heavy (non-hydrogen) atoms. The summed E-state index contributed by atoms with van der Waals surface area (Å²) < 4.78 is 1.01. The maximum Gasteiger partial charge on any atom is 0.0461 e. The van der Waals surface area contributed by atoms with Gasteiger partial charge in [-0.05, 0) is 45.3 Å². The topological polar surface area (TPSA) is 26.0 Å². The van der Waals surface area contributed by atoms with Gasteiger partial charge in [0.1, 0.15) is 0 Å². The number of nitrogens with two attached hydrogens (primary N) is 1. The van der Waals surface area contributed by atoms with Crippen LogP contribution in [0.2, 0.25) is 5.02 Å². The van der Waals surface area contributed by atoms with Crippen LogP contribution in [0.25, 0.3) is 0 Å². The summed E-state index contributed by atoms with van der Waals surface area (Å²) in [5, 5.41) is 0.780. The van der Waals surface area contributed by atoms with E-state index in [1.807, 2.05) is 36.0 Å². The summed E-state index contributed by atoms with van der Waals surface area (Å²) in [6.45, 7) is 0. The zero-order valence-corrected chi connectivity index (χ0v) is 12.9. The second-order valence-electron chi connectivity index (χ2n) is 3.94. The van der Waals surface area contributed by atoms with E-state index in [1.165, 1.54) is 11.1 Å². The third kappa shape index (κ3) is 3.67. The molecule has 4 heteroatoms. The number of hydrogen-bond acceptors (Lipinski definition) is 2. The molecule has 0 heterocycles. The Hall–Kier alpha value is -0.640. The van der Waals surface area contributed by atoms with Gasteiger partial charge in [0.2, 0.25) is 0 Å². The van der Waals surface area contributed by atoms with Crippen LogP contribution >= 0.6 is 39.3 Å². The molecule has 1 nitrogen and oxygen atoms in total. The standard InChI is InChI=1S/C14H13BrClNS/c15-14-11(2-1-3-13(14)17)9-18-8-10-4-6-12(16)7-5-10/h1-7H,8-9,17H2. The summed E-state index contributed by atoms with van der Waals surface area (Å²) >= 11 is 11.2. The minimum absolute atomic E-state index is 0.780. The molecule has 94 valence electrons. The smallest absolute Gasteiger partial charge is 0.0461 e. The lowest BCUT2D eigenvalue weighted by Crippen LogP contribution is -1.91. The molecule has 0 saturated heterocycles. The van der Waals surface area contributed by atoms with Crippen LogP contribution in [0.4, 0.5) is 5.69 Å². The Kier molecular flexibility index (Phi) is 4.98. The molecule has 0 aromatic heterocycles. The van der Waals surface area contributed by atoms with Crippen molar-refractivity contribution in [2.45, 2.75) is 11.5 Å². The molecule has 0 radical (unpaired) electrons. The molecule has 0 saturated carbocycles. The van der Waals surface area contributed by atoms with Gasteiger partial charge in [-0.25, -0.2) is 0 Å². The third-order valence-corrected chi connectivity index (χ3v) is 4.82. The zero-order valence-electron chi connectivity index (χ0n) is 9.70. The highest BCUT2D eigenvalue weighted by molar-refractivity contribution is 9.10. The molecule has 2 aromatic rings. The van der Waals surface area contributed by atoms with Crippen molar-refractivity contribution in [2.75, 3.05) is 5.73 Å². The fourth-order valence-corrected chi connectivity index (χ4v) is 3.28. The first-order valence-corrected chi connectivity index (χ1v) is 7.84. The molecule has 0 bridgehead atoms. The van der Waals surface area contributed by atoms with Crippen LogP contribution in [0.1, 0.15) is 11.1 Å². The Labute approximate surface area is 125 Å². The number of anilines is 1. The molecule has 0 spiro atoms. The predicted octanol–water partition coefficient (Wildman–Crippen LogP) is 5.12. The van der Waals surface area contributed by atoms with Crippen molar-refractivity contribution < 1.29 is 0 Å². The van der Waals surface area contributed by atoms with E-state index in [9.17, 15) is 0 Å². The quantitative estimate of drug-likeness (QED) is 0.781. The van der Waals surface area contributed by atoms with E-state index in [0.717, 1.165) is 26.7 Å². The number of nitrogen functional groups attached to an aromatic ring is 1. The molecular formula is C14H13BrClNS. The van der Waals surface area contributed by atoms with Crippen molar-refractivity contribution >= 4 is 45.0 Å². The van der Waals surface area contributed by atoms with Crippen LogP contribution in [0, 0.1) is 0 Å². The summed E-state index contributed by atoms with van der Waals surface area (Å²) in [4.78, 5) is 0. The van der Waals surface area contributed by atoms with Crippen molar-refractivity contribution in [3.63, 3.8) is 0 Å². The van der Waals surface area contributed by atoms with Crippen LogP contribution < -0.4 is 5.73 Å². The monoisotopic (exact) mass is 341 g/mol. The molecule has 2 aromatic carbocycles. The Balaban J connectivity index is 1.92. The van der Waals surface area contributed by atoms with Gasteiger partial charge in [-0.15, -0.1) is 0 Å². The highest BCUT2D eigenvalue weighted by Crippen LogP contribution is 2.28.